The molecule has 6 nitrogen and oxygen atoms in total. The van der Waals surface area contributed by atoms with Gasteiger partial charge in [-0.2, -0.15) is 0 Å². The summed E-state index contributed by atoms with van der Waals surface area (Å²) >= 11 is 6.28. The number of halogens is 1. The third-order valence-electron chi connectivity index (χ3n) is 7.18. The van der Waals surface area contributed by atoms with Crippen LogP contribution in [0.15, 0.2) is 42.5 Å². The lowest BCUT2D eigenvalue weighted by Crippen LogP contribution is -2.52. The van der Waals surface area contributed by atoms with Crippen molar-refractivity contribution in [2.24, 2.45) is 0 Å². The number of hydrogen-bond donors (Lipinski definition) is 1. The second kappa shape index (κ2) is 8.93. The van der Waals surface area contributed by atoms with Gasteiger partial charge >= 0.3 is 0 Å². The highest BCUT2D eigenvalue weighted by Gasteiger charge is 2.43. The first kappa shape index (κ1) is 21.6. The molecule has 3 aliphatic rings. The van der Waals surface area contributed by atoms with Crippen molar-refractivity contribution in [3.05, 3.63) is 58.6 Å². The van der Waals surface area contributed by atoms with Crippen LogP contribution in [-0.2, 0) is 25.1 Å². The van der Waals surface area contributed by atoms with Gasteiger partial charge in [-0.1, -0.05) is 29.8 Å². The number of amides is 1. The standard InChI is InChI=1S/C25H28ClNO5/c26-20-3-1-2-19(14-20)25(8-12-30-13-9-25)23(28)27-16-24(6-10-29-11-7-24)18-4-5-21-22(15-18)32-17-31-21/h1-5,14-15H,6-13,16-17H2,(H,27,28). The zero-order valence-electron chi connectivity index (χ0n) is 18.0. The molecule has 170 valence electrons. The average molecular weight is 458 g/mol. The molecule has 0 atom stereocenters. The summed E-state index contributed by atoms with van der Waals surface area (Å²) in [5.41, 5.74) is 1.25. The van der Waals surface area contributed by atoms with Crippen LogP contribution < -0.4 is 14.8 Å². The molecule has 0 spiro atoms. The molecular weight excluding hydrogens is 430 g/mol. The van der Waals surface area contributed by atoms with Gasteiger partial charge in [0.25, 0.3) is 0 Å². The molecule has 0 aliphatic carbocycles. The topological polar surface area (TPSA) is 66.0 Å². The van der Waals surface area contributed by atoms with Crippen molar-refractivity contribution in [1.82, 2.24) is 5.32 Å². The molecule has 2 aromatic carbocycles. The van der Waals surface area contributed by atoms with Crippen LogP contribution in [0.25, 0.3) is 0 Å². The lowest BCUT2D eigenvalue weighted by molar-refractivity contribution is -0.131. The van der Waals surface area contributed by atoms with E-state index in [0.29, 0.717) is 50.8 Å². The van der Waals surface area contributed by atoms with Crippen molar-refractivity contribution in [2.45, 2.75) is 36.5 Å². The van der Waals surface area contributed by atoms with Gasteiger partial charge in [0, 0.05) is 43.4 Å². The zero-order chi connectivity index (χ0) is 22.0. The molecule has 1 amide bonds. The molecule has 7 heteroatoms. The van der Waals surface area contributed by atoms with E-state index < -0.39 is 5.41 Å². The number of benzene rings is 2. The Kier molecular flexibility index (Phi) is 6.01. The molecule has 2 fully saturated rings. The van der Waals surface area contributed by atoms with Gasteiger partial charge in [-0.15, -0.1) is 0 Å². The maximum absolute atomic E-state index is 13.7. The number of ether oxygens (including phenoxy) is 4. The van der Waals surface area contributed by atoms with Gasteiger partial charge in [-0.25, -0.2) is 0 Å². The monoisotopic (exact) mass is 457 g/mol. The SMILES string of the molecule is O=C(NCC1(c2ccc3c(c2)OCO3)CCOCC1)C1(c2cccc(Cl)c2)CCOCC1. The van der Waals surface area contributed by atoms with Gasteiger partial charge in [0.1, 0.15) is 0 Å². The molecule has 32 heavy (non-hydrogen) atoms. The van der Waals surface area contributed by atoms with E-state index >= 15 is 0 Å². The summed E-state index contributed by atoms with van der Waals surface area (Å²) in [5.74, 6) is 1.57. The molecule has 2 saturated heterocycles. The van der Waals surface area contributed by atoms with Crippen LogP contribution in [0.2, 0.25) is 5.02 Å². The highest BCUT2D eigenvalue weighted by Crippen LogP contribution is 2.41. The maximum Gasteiger partial charge on any atom is 0.231 e. The summed E-state index contributed by atoms with van der Waals surface area (Å²) in [4.78, 5) is 13.7. The first-order chi connectivity index (χ1) is 15.6. The smallest absolute Gasteiger partial charge is 0.231 e. The van der Waals surface area contributed by atoms with Gasteiger partial charge in [-0.05, 0) is 61.1 Å². The van der Waals surface area contributed by atoms with Crippen LogP contribution in [0.3, 0.4) is 0 Å². The van der Waals surface area contributed by atoms with Crippen LogP contribution >= 0.6 is 11.6 Å². The van der Waals surface area contributed by atoms with Gasteiger partial charge < -0.3 is 24.3 Å². The molecule has 1 N–H and O–H groups in total. The summed E-state index contributed by atoms with van der Waals surface area (Å²) in [6.45, 7) is 3.23. The minimum Gasteiger partial charge on any atom is -0.454 e. The fourth-order valence-electron chi connectivity index (χ4n) is 5.13. The number of carbonyl (C=O) groups excluding carboxylic acids is 1. The normalized spacial score (nSPS) is 21.2. The Hall–Kier alpha value is -2.28. The lowest BCUT2D eigenvalue weighted by Gasteiger charge is -2.41. The van der Waals surface area contributed by atoms with Gasteiger partial charge in [0.2, 0.25) is 12.7 Å². The Labute approximate surface area is 193 Å². The minimum absolute atomic E-state index is 0.0367. The number of fused-ring (bicyclic) bond motifs is 1. The van der Waals surface area contributed by atoms with E-state index in [2.05, 4.69) is 17.4 Å². The van der Waals surface area contributed by atoms with Gasteiger partial charge in [0.05, 0.1) is 5.41 Å². The molecule has 0 unspecified atom stereocenters. The van der Waals surface area contributed by atoms with Crippen LogP contribution in [0.5, 0.6) is 11.5 Å². The molecule has 2 aromatic rings. The quantitative estimate of drug-likeness (QED) is 0.735. The van der Waals surface area contributed by atoms with E-state index in [1.54, 1.807) is 0 Å². The van der Waals surface area contributed by atoms with E-state index in [1.807, 2.05) is 30.3 Å². The highest BCUT2D eigenvalue weighted by molar-refractivity contribution is 6.30. The molecule has 0 bridgehead atoms. The number of rotatable bonds is 5. The fraction of sp³-hybridized carbons (Fsp3) is 0.480. The second-order valence-corrected chi connectivity index (χ2v) is 9.28. The number of carbonyl (C=O) groups is 1. The molecular formula is C25H28ClNO5. The first-order valence-electron chi connectivity index (χ1n) is 11.2. The summed E-state index contributed by atoms with van der Waals surface area (Å²) < 4.78 is 22.4. The van der Waals surface area contributed by atoms with E-state index in [1.165, 1.54) is 0 Å². The Morgan fingerprint density at radius 1 is 0.875 bits per heavy atom. The van der Waals surface area contributed by atoms with Crippen molar-refractivity contribution >= 4 is 17.5 Å². The Morgan fingerprint density at radius 2 is 1.59 bits per heavy atom. The van der Waals surface area contributed by atoms with Crippen LogP contribution in [0.4, 0.5) is 0 Å². The average Bonchev–Trinajstić information content (AvgIpc) is 3.32. The predicted octanol–water partition coefficient (Wildman–Crippen LogP) is 3.98. The van der Waals surface area contributed by atoms with Crippen molar-refractivity contribution in [2.75, 3.05) is 39.8 Å². The number of nitrogens with one attached hydrogen (secondary N) is 1. The van der Waals surface area contributed by atoms with Crippen LogP contribution in [0, 0.1) is 0 Å². The molecule has 0 radical (unpaired) electrons. The van der Waals surface area contributed by atoms with E-state index in [0.717, 1.165) is 35.5 Å². The molecule has 3 aliphatic heterocycles. The molecule has 3 heterocycles. The second-order valence-electron chi connectivity index (χ2n) is 8.85. The Morgan fingerprint density at radius 3 is 2.34 bits per heavy atom. The molecule has 0 saturated carbocycles. The minimum atomic E-state index is -0.635. The van der Waals surface area contributed by atoms with E-state index in [9.17, 15) is 4.79 Å². The largest absolute Gasteiger partial charge is 0.454 e. The van der Waals surface area contributed by atoms with Crippen molar-refractivity contribution in [1.29, 1.82) is 0 Å². The third-order valence-corrected chi connectivity index (χ3v) is 7.42. The van der Waals surface area contributed by atoms with Crippen molar-refractivity contribution in [3.63, 3.8) is 0 Å². The highest BCUT2D eigenvalue weighted by atomic mass is 35.5. The summed E-state index contributed by atoms with van der Waals surface area (Å²) in [6, 6.07) is 13.8. The molecule has 0 aromatic heterocycles. The van der Waals surface area contributed by atoms with E-state index in [-0.39, 0.29) is 18.1 Å². The number of hydrogen-bond acceptors (Lipinski definition) is 5. The van der Waals surface area contributed by atoms with Gasteiger partial charge in [0.15, 0.2) is 11.5 Å². The van der Waals surface area contributed by atoms with Crippen LogP contribution in [-0.4, -0.2) is 45.7 Å². The van der Waals surface area contributed by atoms with Crippen molar-refractivity contribution < 1.29 is 23.7 Å². The zero-order valence-corrected chi connectivity index (χ0v) is 18.8. The summed E-state index contributed by atoms with van der Waals surface area (Å²) in [5, 5.41) is 3.96. The predicted molar refractivity (Wildman–Crippen MR) is 120 cm³/mol. The fourth-order valence-corrected chi connectivity index (χ4v) is 5.32. The van der Waals surface area contributed by atoms with Crippen LogP contribution in [0.1, 0.15) is 36.8 Å². The lowest BCUT2D eigenvalue weighted by atomic mass is 9.71. The first-order valence-corrected chi connectivity index (χ1v) is 11.6. The Balaban J connectivity index is 1.41. The summed E-state index contributed by atoms with van der Waals surface area (Å²) in [7, 11) is 0. The van der Waals surface area contributed by atoms with Gasteiger partial charge in [-0.3, -0.25) is 4.79 Å². The van der Waals surface area contributed by atoms with Crippen molar-refractivity contribution in [3.8, 4) is 11.5 Å². The Bertz CT molecular complexity index is 982. The third kappa shape index (κ3) is 3.96. The maximum atomic E-state index is 13.7. The molecule has 5 rings (SSSR count). The van der Waals surface area contributed by atoms with E-state index in [4.69, 9.17) is 30.5 Å². The summed E-state index contributed by atoms with van der Waals surface area (Å²) in [6.07, 6.45) is 2.94.